The van der Waals surface area contributed by atoms with E-state index in [9.17, 15) is 9.59 Å². The molecule has 0 bridgehead atoms. The zero-order valence-electron chi connectivity index (χ0n) is 17.2. The van der Waals surface area contributed by atoms with Gasteiger partial charge in [0.15, 0.2) is 5.13 Å². The lowest BCUT2D eigenvalue weighted by molar-refractivity contribution is 0.0529. The van der Waals surface area contributed by atoms with Crippen LogP contribution in [0.4, 0.5) is 11.1 Å². The van der Waals surface area contributed by atoms with E-state index in [0.717, 1.165) is 16.9 Å². The Labute approximate surface area is 178 Å². The van der Waals surface area contributed by atoms with Crippen molar-refractivity contribution in [3.8, 4) is 0 Å². The topological polar surface area (TPSA) is 103 Å². The Bertz CT molecular complexity index is 1070. The number of hydrogen-bond donors (Lipinski definition) is 1. The first-order chi connectivity index (χ1) is 14.4. The predicted molar refractivity (Wildman–Crippen MR) is 113 cm³/mol. The van der Waals surface area contributed by atoms with Crippen LogP contribution >= 0.6 is 11.3 Å². The van der Waals surface area contributed by atoms with Crippen LogP contribution < -0.4 is 5.32 Å². The van der Waals surface area contributed by atoms with Crippen molar-refractivity contribution >= 4 is 34.4 Å². The van der Waals surface area contributed by atoms with Gasteiger partial charge in [-0.25, -0.2) is 24.5 Å². The summed E-state index contributed by atoms with van der Waals surface area (Å²) >= 11 is 1.16. The third-order valence-corrected chi connectivity index (χ3v) is 5.30. The SMILES string of the molecule is CCOC(=O)c1sc(Nc2nc(C)c(C(=O)OC)c(Cc3ccccc3)n2)nc1C. The van der Waals surface area contributed by atoms with Gasteiger partial charge in [0, 0.05) is 6.42 Å². The van der Waals surface area contributed by atoms with Gasteiger partial charge < -0.3 is 14.8 Å². The number of rotatable bonds is 7. The molecule has 0 atom stereocenters. The third-order valence-electron chi connectivity index (χ3n) is 4.24. The molecule has 0 saturated carbocycles. The van der Waals surface area contributed by atoms with Gasteiger partial charge in [-0.15, -0.1) is 0 Å². The number of benzene rings is 1. The normalized spacial score (nSPS) is 10.5. The number of ether oxygens (including phenoxy) is 2. The fourth-order valence-corrected chi connectivity index (χ4v) is 3.76. The molecule has 0 aliphatic rings. The monoisotopic (exact) mass is 426 g/mol. The van der Waals surface area contributed by atoms with Crippen LogP contribution in [0.25, 0.3) is 0 Å². The summed E-state index contributed by atoms with van der Waals surface area (Å²) in [5.74, 6) is -0.613. The minimum absolute atomic E-state index is 0.287. The van der Waals surface area contributed by atoms with Gasteiger partial charge in [-0.2, -0.15) is 0 Å². The largest absolute Gasteiger partial charge is 0.465 e. The molecular formula is C21H22N4O4S. The number of aryl methyl sites for hydroxylation is 2. The van der Waals surface area contributed by atoms with E-state index < -0.39 is 11.9 Å². The van der Waals surface area contributed by atoms with Crippen molar-refractivity contribution in [2.45, 2.75) is 27.2 Å². The van der Waals surface area contributed by atoms with Crippen LogP contribution in [0.15, 0.2) is 30.3 Å². The minimum Gasteiger partial charge on any atom is -0.465 e. The van der Waals surface area contributed by atoms with Gasteiger partial charge >= 0.3 is 11.9 Å². The first-order valence-corrected chi connectivity index (χ1v) is 10.2. The van der Waals surface area contributed by atoms with E-state index in [0.29, 0.717) is 45.7 Å². The number of thiazole rings is 1. The van der Waals surface area contributed by atoms with Crippen molar-refractivity contribution < 1.29 is 19.1 Å². The highest BCUT2D eigenvalue weighted by atomic mass is 32.1. The maximum absolute atomic E-state index is 12.3. The molecule has 3 rings (SSSR count). The van der Waals surface area contributed by atoms with Crippen molar-refractivity contribution in [3.63, 3.8) is 0 Å². The second-order valence-electron chi connectivity index (χ2n) is 6.39. The summed E-state index contributed by atoms with van der Waals surface area (Å²) < 4.78 is 9.97. The summed E-state index contributed by atoms with van der Waals surface area (Å²) in [6.07, 6.45) is 0.439. The highest BCUT2D eigenvalue weighted by Gasteiger charge is 2.21. The number of aromatic nitrogens is 3. The molecule has 0 saturated heterocycles. The quantitative estimate of drug-likeness (QED) is 0.568. The summed E-state index contributed by atoms with van der Waals surface area (Å²) in [5, 5.41) is 3.50. The number of nitrogens with zero attached hydrogens (tertiary/aromatic N) is 3. The first-order valence-electron chi connectivity index (χ1n) is 9.34. The Morgan fingerprint density at radius 3 is 2.43 bits per heavy atom. The molecule has 1 aromatic carbocycles. The van der Waals surface area contributed by atoms with Crippen LogP contribution in [0.3, 0.4) is 0 Å². The van der Waals surface area contributed by atoms with Gasteiger partial charge in [0.2, 0.25) is 5.95 Å². The molecule has 30 heavy (non-hydrogen) atoms. The lowest BCUT2D eigenvalue weighted by Crippen LogP contribution is -2.14. The highest BCUT2D eigenvalue weighted by Crippen LogP contribution is 2.26. The number of carbonyl (C=O) groups excluding carboxylic acids is 2. The van der Waals surface area contributed by atoms with Crippen LogP contribution in [0.1, 0.15) is 49.6 Å². The summed E-state index contributed by atoms with van der Waals surface area (Å²) in [5.41, 5.74) is 2.94. The Morgan fingerprint density at radius 1 is 1.03 bits per heavy atom. The summed E-state index contributed by atoms with van der Waals surface area (Å²) in [4.78, 5) is 38.1. The zero-order chi connectivity index (χ0) is 21.7. The number of hydrogen-bond acceptors (Lipinski definition) is 9. The Morgan fingerprint density at radius 2 is 1.77 bits per heavy atom. The molecule has 0 aliphatic carbocycles. The van der Waals surface area contributed by atoms with Gasteiger partial charge in [-0.3, -0.25) is 0 Å². The summed E-state index contributed by atoms with van der Waals surface area (Å²) in [6.45, 7) is 5.51. The Kier molecular flexibility index (Phi) is 6.73. The standard InChI is InChI=1S/C21H22N4O4S/c1-5-29-19(27)17-13(3)23-21(30-17)25-20-22-12(2)16(18(26)28-4)15(24-20)11-14-9-7-6-8-10-14/h6-10H,5,11H2,1-4H3,(H,22,23,24,25). The number of esters is 2. The van der Waals surface area contributed by atoms with E-state index in [-0.39, 0.29) is 5.95 Å². The average Bonchev–Trinajstić information content (AvgIpc) is 3.08. The lowest BCUT2D eigenvalue weighted by Gasteiger charge is -2.12. The molecule has 0 spiro atoms. The smallest absolute Gasteiger partial charge is 0.350 e. The van der Waals surface area contributed by atoms with Crippen LogP contribution in [-0.4, -0.2) is 40.6 Å². The van der Waals surface area contributed by atoms with Gasteiger partial charge in [0.25, 0.3) is 0 Å². The van der Waals surface area contributed by atoms with Crippen LogP contribution in [-0.2, 0) is 15.9 Å². The van der Waals surface area contributed by atoms with E-state index in [1.165, 1.54) is 7.11 Å². The van der Waals surface area contributed by atoms with E-state index in [4.69, 9.17) is 9.47 Å². The zero-order valence-corrected chi connectivity index (χ0v) is 18.0. The molecular weight excluding hydrogens is 404 g/mol. The molecule has 3 aromatic rings. The van der Waals surface area contributed by atoms with Crippen molar-refractivity contribution in [1.29, 1.82) is 0 Å². The highest BCUT2D eigenvalue weighted by molar-refractivity contribution is 7.17. The molecule has 2 aromatic heterocycles. The van der Waals surface area contributed by atoms with Crippen LogP contribution in [0.2, 0.25) is 0 Å². The third kappa shape index (κ3) is 4.80. The average molecular weight is 426 g/mol. The molecule has 9 heteroatoms. The maximum Gasteiger partial charge on any atom is 0.350 e. The van der Waals surface area contributed by atoms with E-state index in [1.54, 1.807) is 20.8 Å². The molecule has 0 aliphatic heterocycles. The summed E-state index contributed by atoms with van der Waals surface area (Å²) in [7, 11) is 1.33. The second-order valence-corrected chi connectivity index (χ2v) is 7.39. The number of carbonyl (C=O) groups is 2. The fraction of sp³-hybridized carbons (Fsp3) is 0.286. The first kappa shape index (κ1) is 21.4. The lowest BCUT2D eigenvalue weighted by atomic mass is 10.0. The predicted octanol–water partition coefficient (Wildman–Crippen LogP) is 3.85. The molecule has 0 radical (unpaired) electrons. The van der Waals surface area contributed by atoms with Crippen LogP contribution in [0, 0.1) is 13.8 Å². The second kappa shape index (κ2) is 9.45. The van der Waals surface area contributed by atoms with Crippen molar-refractivity contribution in [2.24, 2.45) is 0 Å². The summed E-state index contributed by atoms with van der Waals surface area (Å²) in [6, 6.07) is 9.70. The molecule has 8 nitrogen and oxygen atoms in total. The van der Waals surface area contributed by atoms with Gasteiger partial charge in [0.05, 0.1) is 30.8 Å². The van der Waals surface area contributed by atoms with Crippen molar-refractivity contribution in [3.05, 3.63) is 63.4 Å². The van der Waals surface area contributed by atoms with Crippen molar-refractivity contribution in [1.82, 2.24) is 15.0 Å². The van der Waals surface area contributed by atoms with Crippen molar-refractivity contribution in [2.75, 3.05) is 19.0 Å². The van der Waals surface area contributed by atoms with E-state index in [1.807, 2.05) is 30.3 Å². The van der Waals surface area contributed by atoms with E-state index in [2.05, 4.69) is 20.3 Å². The Balaban J connectivity index is 1.95. The molecule has 1 N–H and O–H groups in total. The maximum atomic E-state index is 12.3. The molecule has 0 amide bonds. The molecule has 0 unspecified atom stereocenters. The fourth-order valence-electron chi connectivity index (χ4n) is 2.90. The van der Waals surface area contributed by atoms with Crippen LogP contribution in [0.5, 0.6) is 0 Å². The Hall–Kier alpha value is -3.33. The molecule has 0 fully saturated rings. The van der Waals surface area contributed by atoms with E-state index >= 15 is 0 Å². The number of anilines is 2. The molecule has 156 valence electrons. The number of nitrogens with one attached hydrogen (secondary N) is 1. The molecule has 2 heterocycles. The van der Waals surface area contributed by atoms with Gasteiger partial charge in [-0.1, -0.05) is 41.7 Å². The van der Waals surface area contributed by atoms with Gasteiger partial charge in [0.1, 0.15) is 10.4 Å². The van der Waals surface area contributed by atoms with Gasteiger partial charge in [-0.05, 0) is 26.3 Å². The minimum atomic E-state index is -0.486. The number of methoxy groups -OCH3 is 1.